The minimum Gasteiger partial charge on any atom is -0.342 e. The van der Waals surface area contributed by atoms with Gasteiger partial charge in [-0.25, -0.2) is 0 Å². The number of benzene rings is 1. The number of carbonyl (C=O) groups excluding carboxylic acids is 2. The number of piperazine rings is 1. The summed E-state index contributed by atoms with van der Waals surface area (Å²) in [5.74, 6) is -0.0114. The molecule has 1 aromatic carbocycles. The van der Waals surface area contributed by atoms with Crippen LogP contribution in [0.5, 0.6) is 0 Å². The molecule has 0 saturated carbocycles. The van der Waals surface area contributed by atoms with E-state index in [9.17, 15) is 9.59 Å². The number of hydrogen-bond donors (Lipinski definition) is 1. The molecule has 2 amide bonds. The van der Waals surface area contributed by atoms with Crippen LogP contribution in [0.15, 0.2) is 30.3 Å². The van der Waals surface area contributed by atoms with Gasteiger partial charge in [-0.15, -0.1) is 0 Å². The highest BCUT2D eigenvalue weighted by molar-refractivity contribution is 5.97. The normalized spacial score (nSPS) is 23.4. The second kappa shape index (κ2) is 5.87. The lowest BCUT2D eigenvalue weighted by Gasteiger charge is -2.38. The Morgan fingerprint density at radius 1 is 1.16 bits per heavy atom. The third kappa shape index (κ3) is 2.78. The van der Waals surface area contributed by atoms with Crippen molar-refractivity contribution in [2.75, 3.05) is 6.54 Å². The van der Waals surface area contributed by atoms with Gasteiger partial charge >= 0.3 is 0 Å². The molecule has 0 radical (unpaired) electrons. The summed E-state index contributed by atoms with van der Waals surface area (Å²) in [6.45, 7) is 4.42. The van der Waals surface area contributed by atoms with Gasteiger partial charge in [0.15, 0.2) is 0 Å². The van der Waals surface area contributed by atoms with Gasteiger partial charge in [0.1, 0.15) is 12.1 Å². The van der Waals surface area contributed by atoms with E-state index < -0.39 is 6.04 Å². The molecule has 0 aliphatic carbocycles. The highest BCUT2D eigenvalue weighted by Crippen LogP contribution is 2.15. The molecular formula is C15H20N2O2. The topological polar surface area (TPSA) is 49.4 Å². The Morgan fingerprint density at radius 3 is 2.42 bits per heavy atom. The Kier molecular flexibility index (Phi) is 4.20. The lowest BCUT2D eigenvalue weighted by Crippen LogP contribution is -2.63. The van der Waals surface area contributed by atoms with E-state index in [0.29, 0.717) is 19.4 Å². The minimum atomic E-state index is -0.433. The predicted molar refractivity (Wildman–Crippen MR) is 73.5 cm³/mol. The molecule has 1 aliphatic rings. The summed E-state index contributed by atoms with van der Waals surface area (Å²) in [5, 5.41) is 2.85. The van der Waals surface area contributed by atoms with Crippen molar-refractivity contribution in [2.24, 2.45) is 0 Å². The first kappa shape index (κ1) is 13.6. The number of hydrogen-bond acceptors (Lipinski definition) is 2. The summed E-state index contributed by atoms with van der Waals surface area (Å²) < 4.78 is 0. The Hall–Kier alpha value is -1.84. The molecule has 2 unspecified atom stereocenters. The highest BCUT2D eigenvalue weighted by atomic mass is 16.2. The molecule has 2 rings (SSSR count). The maximum absolute atomic E-state index is 12.4. The van der Waals surface area contributed by atoms with Gasteiger partial charge in [-0.2, -0.15) is 0 Å². The molecule has 4 heteroatoms. The zero-order valence-electron chi connectivity index (χ0n) is 11.4. The monoisotopic (exact) mass is 260 g/mol. The second-order valence-corrected chi connectivity index (χ2v) is 4.80. The number of amides is 2. The van der Waals surface area contributed by atoms with E-state index in [1.54, 1.807) is 4.90 Å². The molecule has 0 spiro atoms. The van der Waals surface area contributed by atoms with Crippen LogP contribution in [0.25, 0.3) is 0 Å². The third-order valence-electron chi connectivity index (χ3n) is 3.59. The molecule has 4 nitrogen and oxygen atoms in total. The smallest absolute Gasteiger partial charge is 0.246 e. The van der Waals surface area contributed by atoms with Crippen molar-refractivity contribution in [2.45, 2.75) is 38.8 Å². The first-order chi connectivity index (χ1) is 9.17. The third-order valence-corrected chi connectivity index (χ3v) is 3.59. The molecule has 1 aromatic rings. The molecule has 1 saturated heterocycles. The number of likely N-dealkylation sites (N-methyl/N-ethyl adjacent to an activating group) is 1. The standard InChI is InChI=1S/C15H20N2O2/c1-3-13-14(18)16-12(15(19)17(13)4-2)10-11-8-6-5-7-9-11/h5-9,12-13H,3-4,10H2,1-2H3,(H,16,18). The van der Waals surface area contributed by atoms with Crippen LogP contribution in [0.2, 0.25) is 0 Å². The molecule has 102 valence electrons. The Balaban J connectivity index is 2.14. The summed E-state index contributed by atoms with van der Waals surface area (Å²) in [6.07, 6.45) is 1.21. The maximum atomic E-state index is 12.4. The predicted octanol–water partition coefficient (Wildman–Crippen LogP) is 1.35. The van der Waals surface area contributed by atoms with E-state index in [4.69, 9.17) is 0 Å². The molecule has 1 heterocycles. The van der Waals surface area contributed by atoms with Gasteiger partial charge in [0, 0.05) is 13.0 Å². The van der Waals surface area contributed by atoms with Crippen LogP contribution in [-0.4, -0.2) is 35.3 Å². The van der Waals surface area contributed by atoms with E-state index in [2.05, 4.69) is 5.32 Å². The van der Waals surface area contributed by atoms with Crippen molar-refractivity contribution in [3.63, 3.8) is 0 Å². The molecular weight excluding hydrogens is 240 g/mol. The van der Waals surface area contributed by atoms with Gasteiger partial charge < -0.3 is 10.2 Å². The summed E-state index contributed by atoms with van der Waals surface area (Å²) in [5.41, 5.74) is 1.06. The Morgan fingerprint density at radius 2 is 1.84 bits per heavy atom. The molecule has 1 fully saturated rings. The van der Waals surface area contributed by atoms with E-state index >= 15 is 0 Å². The van der Waals surface area contributed by atoms with Gasteiger partial charge in [-0.05, 0) is 18.9 Å². The second-order valence-electron chi connectivity index (χ2n) is 4.80. The van der Waals surface area contributed by atoms with Crippen molar-refractivity contribution in [1.29, 1.82) is 0 Å². The van der Waals surface area contributed by atoms with Crippen LogP contribution >= 0.6 is 0 Å². The van der Waals surface area contributed by atoms with Crippen molar-refractivity contribution in [1.82, 2.24) is 10.2 Å². The molecule has 0 bridgehead atoms. The SMILES string of the molecule is CCC1C(=O)NC(Cc2ccccc2)C(=O)N1CC. The first-order valence-corrected chi connectivity index (χ1v) is 6.82. The zero-order chi connectivity index (χ0) is 13.8. The van der Waals surface area contributed by atoms with Gasteiger partial charge in [-0.1, -0.05) is 37.3 Å². The van der Waals surface area contributed by atoms with Gasteiger partial charge in [0.2, 0.25) is 11.8 Å². The molecule has 0 aromatic heterocycles. The van der Waals surface area contributed by atoms with Gasteiger partial charge in [0.05, 0.1) is 0 Å². The number of nitrogens with zero attached hydrogens (tertiary/aromatic N) is 1. The molecule has 1 aliphatic heterocycles. The lowest BCUT2D eigenvalue weighted by atomic mass is 9.99. The Bertz CT molecular complexity index is 458. The van der Waals surface area contributed by atoms with Crippen molar-refractivity contribution < 1.29 is 9.59 Å². The van der Waals surface area contributed by atoms with Crippen LogP contribution in [0.4, 0.5) is 0 Å². The van der Waals surface area contributed by atoms with Crippen LogP contribution in [-0.2, 0) is 16.0 Å². The van der Waals surface area contributed by atoms with Gasteiger partial charge in [-0.3, -0.25) is 9.59 Å². The fourth-order valence-electron chi connectivity index (χ4n) is 2.60. The highest BCUT2D eigenvalue weighted by Gasteiger charge is 2.38. The van der Waals surface area contributed by atoms with Crippen LogP contribution in [0, 0.1) is 0 Å². The van der Waals surface area contributed by atoms with Crippen molar-refractivity contribution in [3.8, 4) is 0 Å². The van der Waals surface area contributed by atoms with Crippen molar-refractivity contribution >= 4 is 11.8 Å². The first-order valence-electron chi connectivity index (χ1n) is 6.82. The van der Waals surface area contributed by atoms with Crippen molar-refractivity contribution in [3.05, 3.63) is 35.9 Å². The van der Waals surface area contributed by atoms with Crippen LogP contribution in [0.3, 0.4) is 0 Å². The van der Waals surface area contributed by atoms with Crippen LogP contribution in [0.1, 0.15) is 25.8 Å². The quantitative estimate of drug-likeness (QED) is 0.888. The Labute approximate surface area is 113 Å². The summed E-state index contributed by atoms with van der Waals surface area (Å²) in [7, 11) is 0. The summed E-state index contributed by atoms with van der Waals surface area (Å²) in [6, 6.07) is 9.02. The van der Waals surface area contributed by atoms with Crippen LogP contribution < -0.4 is 5.32 Å². The fraction of sp³-hybridized carbons (Fsp3) is 0.467. The van der Waals surface area contributed by atoms with Gasteiger partial charge in [0.25, 0.3) is 0 Å². The largest absolute Gasteiger partial charge is 0.342 e. The molecule has 1 N–H and O–H groups in total. The zero-order valence-corrected chi connectivity index (χ0v) is 11.4. The van der Waals surface area contributed by atoms with E-state index in [1.165, 1.54) is 0 Å². The summed E-state index contributed by atoms with van der Waals surface area (Å²) in [4.78, 5) is 26.1. The van der Waals surface area contributed by atoms with E-state index in [1.807, 2.05) is 44.2 Å². The average molecular weight is 260 g/mol. The minimum absolute atomic E-state index is 0.0257. The fourth-order valence-corrected chi connectivity index (χ4v) is 2.60. The lowest BCUT2D eigenvalue weighted by molar-refractivity contribution is -0.149. The average Bonchev–Trinajstić information content (AvgIpc) is 2.43. The number of carbonyl (C=O) groups is 2. The summed E-state index contributed by atoms with van der Waals surface area (Å²) >= 11 is 0. The molecule has 2 atom stereocenters. The number of rotatable bonds is 4. The van der Waals surface area contributed by atoms with E-state index in [-0.39, 0.29) is 17.9 Å². The molecule has 19 heavy (non-hydrogen) atoms. The van der Waals surface area contributed by atoms with E-state index in [0.717, 1.165) is 5.56 Å². The maximum Gasteiger partial charge on any atom is 0.246 e. The number of nitrogens with one attached hydrogen (secondary N) is 1.